The summed E-state index contributed by atoms with van der Waals surface area (Å²) >= 11 is 1.83. The summed E-state index contributed by atoms with van der Waals surface area (Å²) in [5, 5.41) is 1.12. The molecule has 0 aromatic carbocycles. The van der Waals surface area contributed by atoms with Gasteiger partial charge in [-0.25, -0.2) is 4.98 Å². The summed E-state index contributed by atoms with van der Waals surface area (Å²) in [6.07, 6.45) is 3.43. The topological polar surface area (TPSA) is 42.2 Å². The fourth-order valence-corrected chi connectivity index (χ4v) is 3.55. The van der Waals surface area contributed by atoms with E-state index in [4.69, 9.17) is 10.7 Å². The molecule has 0 amide bonds. The molecular formula is C14H25N3S. The molecule has 2 N–H and O–H groups in total. The summed E-state index contributed by atoms with van der Waals surface area (Å²) in [5.41, 5.74) is 7.55. The van der Waals surface area contributed by atoms with E-state index in [-0.39, 0.29) is 11.5 Å². The van der Waals surface area contributed by atoms with Crippen LogP contribution in [-0.4, -0.2) is 18.1 Å². The Labute approximate surface area is 114 Å². The van der Waals surface area contributed by atoms with Gasteiger partial charge in [-0.1, -0.05) is 20.8 Å². The van der Waals surface area contributed by atoms with Crippen molar-refractivity contribution in [3.8, 4) is 0 Å². The number of hydrogen-bond acceptors (Lipinski definition) is 4. The highest BCUT2D eigenvalue weighted by atomic mass is 32.1. The minimum absolute atomic E-state index is 0.150. The molecule has 0 radical (unpaired) electrons. The molecule has 0 fully saturated rings. The van der Waals surface area contributed by atoms with Crippen LogP contribution in [0.4, 0.5) is 5.13 Å². The molecule has 0 saturated heterocycles. The van der Waals surface area contributed by atoms with Gasteiger partial charge in [-0.15, -0.1) is 11.3 Å². The lowest BCUT2D eigenvalue weighted by atomic mass is 9.87. The highest BCUT2D eigenvalue weighted by molar-refractivity contribution is 7.15. The van der Waals surface area contributed by atoms with Crippen LogP contribution in [0.15, 0.2) is 0 Å². The van der Waals surface area contributed by atoms with E-state index in [9.17, 15) is 0 Å². The highest BCUT2D eigenvalue weighted by Gasteiger charge is 2.28. The van der Waals surface area contributed by atoms with E-state index < -0.39 is 0 Å². The van der Waals surface area contributed by atoms with Gasteiger partial charge in [-0.3, -0.25) is 0 Å². The Morgan fingerprint density at radius 2 is 2.11 bits per heavy atom. The van der Waals surface area contributed by atoms with Crippen molar-refractivity contribution in [3.05, 3.63) is 10.6 Å². The number of nitrogens with zero attached hydrogens (tertiary/aromatic N) is 2. The van der Waals surface area contributed by atoms with Crippen LogP contribution in [0.2, 0.25) is 0 Å². The predicted molar refractivity (Wildman–Crippen MR) is 79.3 cm³/mol. The first-order valence-electron chi connectivity index (χ1n) is 6.78. The smallest absolute Gasteiger partial charge is 0.185 e. The zero-order valence-corrected chi connectivity index (χ0v) is 13.0. The van der Waals surface area contributed by atoms with Crippen molar-refractivity contribution in [2.45, 2.75) is 59.0 Å². The van der Waals surface area contributed by atoms with Gasteiger partial charge >= 0.3 is 0 Å². The molecule has 102 valence electrons. The lowest BCUT2D eigenvalue weighted by Gasteiger charge is -2.35. The second kappa shape index (κ2) is 4.82. The first-order valence-corrected chi connectivity index (χ1v) is 7.60. The average Bonchev–Trinajstić information content (AvgIpc) is 2.71. The first-order chi connectivity index (χ1) is 8.30. The number of aromatic nitrogens is 1. The van der Waals surface area contributed by atoms with Gasteiger partial charge in [-0.2, -0.15) is 0 Å². The fraction of sp³-hybridized carbons (Fsp3) is 0.786. The van der Waals surface area contributed by atoms with Gasteiger partial charge in [0, 0.05) is 24.0 Å². The average molecular weight is 267 g/mol. The third kappa shape index (κ3) is 2.54. The van der Waals surface area contributed by atoms with E-state index in [2.05, 4.69) is 39.6 Å². The van der Waals surface area contributed by atoms with Crippen molar-refractivity contribution >= 4 is 16.5 Å². The zero-order chi connectivity index (χ0) is 13.5. The molecule has 2 atom stereocenters. The first kappa shape index (κ1) is 13.8. The molecule has 1 aliphatic carbocycles. The van der Waals surface area contributed by atoms with E-state index in [0.717, 1.165) is 23.7 Å². The van der Waals surface area contributed by atoms with Crippen LogP contribution in [0.25, 0.3) is 0 Å². The van der Waals surface area contributed by atoms with E-state index in [1.54, 1.807) is 0 Å². The summed E-state index contributed by atoms with van der Waals surface area (Å²) in [7, 11) is 2.14. The quantitative estimate of drug-likeness (QED) is 0.893. The Balaban J connectivity index is 2.24. The molecule has 1 aromatic rings. The van der Waals surface area contributed by atoms with Crippen LogP contribution in [0.1, 0.15) is 57.1 Å². The predicted octanol–water partition coefficient (Wildman–Crippen LogP) is 3.35. The van der Waals surface area contributed by atoms with Gasteiger partial charge in [-0.05, 0) is 31.6 Å². The Morgan fingerprint density at radius 1 is 1.44 bits per heavy atom. The number of fused-ring (bicyclic) bond motifs is 1. The van der Waals surface area contributed by atoms with Gasteiger partial charge in [0.05, 0.1) is 5.69 Å². The molecule has 1 heterocycles. The largest absolute Gasteiger partial charge is 0.348 e. The lowest BCUT2D eigenvalue weighted by molar-refractivity contribution is 0.329. The molecule has 0 saturated carbocycles. The molecule has 4 heteroatoms. The standard InChI is InChI=1S/C14H25N3S/c1-9(14(2,3)4)17(5)13-16-12-10(15)7-6-8-11(12)18-13/h9-10H,6-8,15H2,1-5H3. The van der Waals surface area contributed by atoms with Crippen LogP contribution in [-0.2, 0) is 6.42 Å². The Hall–Kier alpha value is -0.610. The van der Waals surface area contributed by atoms with Crippen LogP contribution in [0.5, 0.6) is 0 Å². The van der Waals surface area contributed by atoms with Crippen molar-refractivity contribution in [1.29, 1.82) is 0 Å². The van der Waals surface area contributed by atoms with Gasteiger partial charge in [0.25, 0.3) is 0 Å². The minimum Gasteiger partial charge on any atom is -0.348 e. The maximum atomic E-state index is 6.15. The molecule has 0 spiro atoms. The summed E-state index contributed by atoms with van der Waals surface area (Å²) in [6, 6.07) is 0.610. The van der Waals surface area contributed by atoms with Crippen molar-refractivity contribution in [2.75, 3.05) is 11.9 Å². The van der Waals surface area contributed by atoms with Crippen LogP contribution in [0, 0.1) is 5.41 Å². The number of hydrogen-bond donors (Lipinski definition) is 1. The lowest BCUT2D eigenvalue weighted by Crippen LogP contribution is -2.39. The molecule has 2 unspecified atom stereocenters. The zero-order valence-electron chi connectivity index (χ0n) is 12.2. The van der Waals surface area contributed by atoms with Crippen LogP contribution < -0.4 is 10.6 Å². The second-order valence-electron chi connectivity index (χ2n) is 6.46. The molecule has 1 aliphatic rings. The normalized spacial score (nSPS) is 21.6. The van der Waals surface area contributed by atoms with Crippen molar-refractivity contribution in [2.24, 2.45) is 11.1 Å². The molecule has 0 aliphatic heterocycles. The van der Waals surface area contributed by atoms with Gasteiger partial charge in [0.15, 0.2) is 5.13 Å². The maximum Gasteiger partial charge on any atom is 0.185 e. The number of aryl methyl sites for hydroxylation is 1. The maximum absolute atomic E-state index is 6.15. The van der Waals surface area contributed by atoms with E-state index in [1.165, 1.54) is 11.3 Å². The molecule has 18 heavy (non-hydrogen) atoms. The van der Waals surface area contributed by atoms with Crippen molar-refractivity contribution in [1.82, 2.24) is 4.98 Å². The van der Waals surface area contributed by atoms with Crippen molar-refractivity contribution < 1.29 is 0 Å². The van der Waals surface area contributed by atoms with Crippen LogP contribution in [0.3, 0.4) is 0 Å². The van der Waals surface area contributed by atoms with Crippen LogP contribution >= 0.6 is 11.3 Å². The summed E-state index contributed by atoms with van der Waals surface area (Å²) < 4.78 is 0. The second-order valence-corrected chi connectivity index (χ2v) is 7.52. The summed E-state index contributed by atoms with van der Waals surface area (Å²) in [4.78, 5) is 8.49. The number of nitrogens with two attached hydrogens (primary N) is 1. The van der Waals surface area contributed by atoms with E-state index in [0.29, 0.717) is 6.04 Å². The molecule has 0 bridgehead atoms. The van der Waals surface area contributed by atoms with Gasteiger partial charge < -0.3 is 10.6 Å². The summed E-state index contributed by atoms with van der Waals surface area (Å²) in [5.74, 6) is 0. The molecule has 3 nitrogen and oxygen atoms in total. The fourth-order valence-electron chi connectivity index (χ4n) is 2.34. The Kier molecular flexibility index (Phi) is 3.70. The number of thiazole rings is 1. The van der Waals surface area contributed by atoms with Gasteiger partial charge in [0.2, 0.25) is 0 Å². The van der Waals surface area contributed by atoms with Crippen molar-refractivity contribution in [3.63, 3.8) is 0 Å². The molecular weight excluding hydrogens is 242 g/mol. The molecule has 1 aromatic heterocycles. The van der Waals surface area contributed by atoms with E-state index >= 15 is 0 Å². The third-order valence-corrected chi connectivity index (χ3v) is 5.34. The Morgan fingerprint density at radius 3 is 2.67 bits per heavy atom. The highest BCUT2D eigenvalue weighted by Crippen LogP contribution is 2.37. The molecule has 2 rings (SSSR count). The Bertz CT molecular complexity index is 419. The van der Waals surface area contributed by atoms with E-state index in [1.807, 2.05) is 11.3 Å². The number of rotatable bonds is 2. The summed E-state index contributed by atoms with van der Waals surface area (Å²) in [6.45, 7) is 9.08. The minimum atomic E-state index is 0.150. The monoisotopic (exact) mass is 267 g/mol. The van der Waals surface area contributed by atoms with Gasteiger partial charge in [0.1, 0.15) is 0 Å². The SMILES string of the molecule is CC(N(C)c1nc2c(s1)CCCC2N)C(C)(C)C. The number of anilines is 1. The third-order valence-electron chi connectivity index (χ3n) is 4.12.